The zero-order valence-electron chi connectivity index (χ0n) is 11.2. The molecule has 1 aromatic heterocycles. The molecule has 2 unspecified atom stereocenters. The van der Waals surface area contributed by atoms with Crippen molar-refractivity contribution in [1.82, 2.24) is 9.55 Å². The van der Waals surface area contributed by atoms with Crippen molar-refractivity contribution in [1.29, 1.82) is 0 Å². The van der Waals surface area contributed by atoms with Gasteiger partial charge in [0.15, 0.2) is 0 Å². The van der Waals surface area contributed by atoms with Gasteiger partial charge < -0.3 is 4.57 Å². The largest absolute Gasteiger partial charge is 0.326 e. The molecule has 2 nitrogen and oxygen atoms in total. The number of hydrogen-bond donors (Lipinski definition) is 0. The lowest BCUT2D eigenvalue weighted by molar-refractivity contribution is 0.629. The van der Waals surface area contributed by atoms with Crippen LogP contribution in [0.4, 0.5) is 4.39 Å². The van der Waals surface area contributed by atoms with Gasteiger partial charge in [-0.05, 0) is 19.1 Å². The molecule has 1 fully saturated rings. The maximum absolute atomic E-state index is 13.3. The molecule has 0 amide bonds. The molecule has 2 heterocycles. The molecular formula is C14H16ClFN2S2. The number of alkyl halides is 1. The van der Waals surface area contributed by atoms with Crippen molar-refractivity contribution in [2.24, 2.45) is 0 Å². The second kappa shape index (κ2) is 6.16. The van der Waals surface area contributed by atoms with Gasteiger partial charge in [0.05, 0.1) is 16.4 Å². The Morgan fingerprint density at radius 2 is 2.35 bits per heavy atom. The minimum Gasteiger partial charge on any atom is -0.326 e. The average Bonchev–Trinajstić information content (AvgIpc) is 2.78. The third-order valence-corrected chi connectivity index (χ3v) is 6.39. The van der Waals surface area contributed by atoms with Crippen molar-refractivity contribution in [3.63, 3.8) is 0 Å². The lowest BCUT2D eigenvalue weighted by atomic mass is 10.3. The van der Waals surface area contributed by atoms with Crippen LogP contribution in [0.15, 0.2) is 18.2 Å². The number of halogens is 2. The molecule has 0 aliphatic carbocycles. The van der Waals surface area contributed by atoms with Gasteiger partial charge in [0.2, 0.25) is 0 Å². The number of benzene rings is 1. The summed E-state index contributed by atoms with van der Waals surface area (Å²) in [6, 6.07) is 4.78. The molecule has 1 aliphatic rings. The maximum atomic E-state index is 13.3. The lowest BCUT2D eigenvalue weighted by Gasteiger charge is -2.23. The van der Waals surface area contributed by atoms with Gasteiger partial charge in [-0.3, -0.25) is 0 Å². The van der Waals surface area contributed by atoms with Gasteiger partial charge >= 0.3 is 0 Å². The van der Waals surface area contributed by atoms with Gasteiger partial charge in [-0.25, -0.2) is 9.37 Å². The first-order chi connectivity index (χ1) is 9.65. The van der Waals surface area contributed by atoms with Gasteiger partial charge in [-0.1, -0.05) is 0 Å². The molecule has 0 spiro atoms. The van der Waals surface area contributed by atoms with Crippen LogP contribution >= 0.6 is 35.1 Å². The van der Waals surface area contributed by atoms with E-state index in [0.29, 0.717) is 10.8 Å². The van der Waals surface area contributed by atoms with Crippen LogP contribution in [-0.4, -0.2) is 32.1 Å². The Kier molecular flexibility index (Phi) is 4.48. The monoisotopic (exact) mass is 330 g/mol. The van der Waals surface area contributed by atoms with E-state index >= 15 is 0 Å². The lowest BCUT2D eigenvalue weighted by Crippen LogP contribution is -2.21. The van der Waals surface area contributed by atoms with Crippen LogP contribution in [0, 0.1) is 5.82 Å². The average molecular weight is 331 g/mol. The highest BCUT2D eigenvalue weighted by atomic mass is 35.5. The standard InChI is InChI=1S/C14H16ClFN2S2/c1-9(15)14-17-12-6-10(16)2-3-13(12)18(14)7-11-8-19-4-5-20-11/h2-3,6,9,11H,4-5,7-8H2,1H3. The molecule has 6 heteroatoms. The van der Waals surface area contributed by atoms with E-state index < -0.39 is 0 Å². The number of hydrogen-bond acceptors (Lipinski definition) is 3. The topological polar surface area (TPSA) is 17.8 Å². The van der Waals surface area contributed by atoms with Crippen LogP contribution in [0.5, 0.6) is 0 Å². The summed E-state index contributed by atoms with van der Waals surface area (Å²) in [6.45, 7) is 2.81. The first kappa shape index (κ1) is 14.5. The summed E-state index contributed by atoms with van der Waals surface area (Å²) in [7, 11) is 0. The smallest absolute Gasteiger partial charge is 0.127 e. The van der Waals surface area contributed by atoms with E-state index in [-0.39, 0.29) is 11.2 Å². The molecule has 0 saturated carbocycles. The highest BCUT2D eigenvalue weighted by Crippen LogP contribution is 2.30. The summed E-state index contributed by atoms with van der Waals surface area (Å²) in [5.41, 5.74) is 1.67. The van der Waals surface area contributed by atoms with Crippen LogP contribution in [0.1, 0.15) is 18.1 Å². The molecular weight excluding hydrogens is 315 g/mol. The van der Waals surface area contributed by atoms with Crippen LogP contribution in [0.25, 0.3) is 11.0 Å². The molecule has 0 bridgehead atoms. The van der Waals surface area contributed by atoms with E-state index in [1.165, 1.54) is 23.6 Å². The fourth-order valence-corrected chi connectivity index (χ4v) is 5.28. The quantitative estimate of drug-likeness (QED) is 0.780. The Bertz CT molecular complexity index is 608. The summed E-state index contributed by atoms with van der Waals surface area (Å²) in [6.07, 6.45) is 0. The van der Waals surface area contributed by atoms with Crippen molar-refractivity contribution in [2.45, 2.75) is 24.1 Å². The summed E-state index contributed by atoms with van der Waals surface area (Å²) < 4.78 is 15.5. The molecule has 108 valence electrons. The van der Waals surface area contributed by atoms with E-state index in [1.54, 1.807) is 6.07 Å². The zero-order chi connectivity index (χ0) is 14.1. The number of thioether (sulfide) groups is 2. The molecule has 1 saturated heterocycles. The summed E-state index contributed by atoms with van der Waals surface area (Å²) in [5, 5.41) is 0.400. The summed E-state index contributed by atoms with van der Waals surface area (Å²) >= 11 is 10.3. The van der Waals surface area contributed by atoms with Gasteiger partial charge in [-0.15, -0.1) is 11.6 Å². The van der Waals surface area contributed by atoms with Crippen molar-refractivity contribution < 1.29 is 4.39 Å². The van der Waals surface area contributed by atoms with Crippen molar-refractivity contribution in [2.75, 3.05) is 17.3 Å². The van der Waals surface area contributed by atoms with E-state index in [4.69, 9.17) is 11.6 Å². The molecule has 0 N–H and O–H groups in total. The minimum atomic E-state index is -0.251. The van der Waals surface area contributed by atoms with E-state index in [9.17, 15) is 4.39 Å². The van der Waals surface area contributed by atoms with Crippen LogP contribution in [0.2, 0.25) is 0 Å². The van der Waals surface area contributed by atoms with Crippen molar-refractivity contribution in [3.8, 4) is 0 Å². The summed E-state index contributed by atoms with van der Waals surface area (Å²) in [5.74, 6) is 4.17. The maximum Gasteiger partial charge on any atom is 0.127 e. The number of fused-ring (bicyclic) bond motifs is 1. The number of nitrogens with zero attached hydrogens (tertiary/aromatic N) is 2. The predicted molar refractivity (Wildman–Crippen MR) is 87.5 cm³/mol. The van der Waals surface area contributed by atoms with Gasteiger partial charge in [0.1, 0.15) is 11.6 Å². The fraction of sp³-hybridized carbons (Fsp3) is 0.500. The van der Waals surface area contributed by atoms with Gasteiger partial charge in [0, 0.05) is 35.1 Å². The fourth-order valence-electron chi connectivity index (χ4n) is 2.46. The Morgan fingerprint density at radius 3 is 3.05 bits per heavy atom. The Balaban J connectivity index is 1.99. The molecule has 3 rings (SSSR count). The number of imidazole rings is 1. The summed E-state index contributed by atoms with van der Waals surface area (Å²) in [4.78, 5) is 4.51. The Hall–Kier alpha value is -0.390. The van der Waals surface area contributed by atoms with Crippen molar-refractivity contribution in [3.05, 3.63) is 29.8 Å². The third-order valence-electron chi connectivity index (χ3n) is 3.37. The van der Waals surface area contributed by atoms with Crippen LogP contribution in [0.3, 0.4) is 0 Å². The first-order valence-corrected chi connectivity index (χ1v) is 9.28. The van der Waals surface area contributed by atoms with Crippen LogP contribution < -0.4 is 0 Å². The normalized spacial score (nSPS) is 21.2. The third kappa shape index (κ3) is 2.95. The van der Waals surface area contributed by atoms with E-state index in [2.05, 4.69) is 9.55 Å². The highest BCUT2D eigenvalue weighted by Gasteiger charge is 2.20. The van der Waals surface area contributed by atoms with Crippen molar-refractivity contribution >= 4 is 46.2 Å². The van der Waals surface area contributed by atoms with Gasteiger partial charge in [-0.2, -0.15) is 23.5 Å². The van der Waals surface area contributed by atoms with Gasteiger partial charge in [0.25, 0.3) is 0 Å². The highest BCUT2D eigenvalue weighted by molar-refractivity contribution is 8.06. The molecule has 2 atom stereocenters. The van der Waals surface area contributed by atoms with E-state index in [1.807, 2.05) is 30.4 Å². The Labute approximate surface area is 131 Å². The van der Waals surface area contributed by atoms with Crippen LogP contribution in [-0.2, 0) is 6.54 Å². The second-order valence-electron chi connectivity index (χ2n) is 4.90. The number of rotatable bonds is 3. The minimum absolute atomic E-state index is 0.174. The molecule has 1 aromatic carbocycles. The molecule has 0 radical (unpaired) electrons. The van der Waals surface area contributed by atoms with E-state index in [0.717, 1.165) is 23.6 Å². The predicted octanol–water partition coefficient (Wildman–Crippen LogP) is 4.32. The number of aromatic nitrogens is 2. The molecule has 20 heavy (non-hydrogen) atoms. The SMILES string of the molecule is CC(Cl)c1nc2cc(F)ccc2n1CC1CSCCS1. The Morgan fingerprint density at radius 1 is 1.50 bits per heavy atom. The molecule has 2 aromatic rings. The zero-order valence-corrected chi connectivity index (χ0v) is 13.6. The second-order valence-corrected chi connectivity index (χ2v) is 8.11. The molecule has 1 aliphatic heterocycles. The first-order valence-electron chi connectivity index (χ1n) is 6.64.